The Hall–Kier alpha value is -2.22. The Labute approximate surface area is 172 Å². The summed E-state index contributed by atoms with van der Waals surface area (Å²) in [6, 6.07) is 11.6. The predicted octanol–water partition coefficient (Wildman–Crippen LogP) is 3.28. The molecule has 0 fully saturated rings. The van der Waals surface area contributed by atoms with Crippen molar-refractivity contribution in [2.24, 2.45) is 5.14 Å². The molecule has 0 saturated carbocycles. The molecule has 2 aromatic rings. The van der Waals surface area contributed by atoms with Gasteiger partial charge in [-0.3, -0.25) is 9.93 Å². The van der Waals surface area contributed by atoms with Crippen LogP contribution in [0.1, 0.15) is 33.2 Å². The van der Waals surface area contributed by atoms with Crippen LogP contribution in [0.25, 0.3) is 0 Å². The fourth-order valence-electron chi connectivity index (χ4n) is 3.14. The Morgan fingerprint density at radius 1 is 1.32 bits per heavy atom. The van der Waals surface area contributed by atoms with Crippen molar-refractivity contribution in [2.75, 3.05) is 13.7 Å². The van der Waals surface area contributed by atoms with E-state index in [0.29, 0.717) is 22.9 Å². The minimum absolute atomic E-state index is 0.0713. The highest BCUT2D eigenvalue weighted by Gasteiger charge is 2.28. The average molecular weight is 421 g/mol. The van der Waals surface area contributed by atoms with E-state index in [9.17, 15) is 9.59 Å². The zero-order chi connectivity index (χ0) is 20.1. The minimum atomic E-state index is -0.835. The fraction of sp³-hybridized carbons (Fsp3) is 0.300. The zero-order valence-corrected chi connectivity index (χ0v) is 16.9. The second-order valence-electron chi connectivity index (χ2n) is 6.37. The SMILES string of the molecule is COC(=O)[C@H](Cc1ccc(Cl)cc1)NC(=O)c1cccc2c1OCCC2SN. The van der Waals surface area contributed by atoms with Crippen molar-refractivity contribution in [3.63, 3.8) is 0 Å². The lowest BCUT2D eigenvalue weighted by atomic mass is 10.0. The van der Waals surface area contributed by atoms with E-state index >= 15 is 0 Å². The quantitative estimate of drug-likeness (QED) is 0.550. The van der Waals surface area contributed by atoms with Crippen LogP contribution in [0.5, 0.6) is 5.75 Å². The standard InChI is InChI=1S/C20H21ClN2O4S/c1-26-20(25)16(11-12-5-7-13(21)8-6-12)23-19(24)15-4-2-3-14-17(28-22)9-10-27-18(14)15/h2-8,16-17H,9-11,22H2,1H3,(H,23,24)/t16-,17?/m0/s1. The third-order valence-corrected chi connectivity index (χ3v) is 5.64. The van der Waals surface area contributed by atoms with Gasteiger partial charge in [-0.2, -0.15) is 0 Å². The topological polar surface area (TPSA) is 90.6 Å². The number of amides is 1. The lowest BCUT2D eigenvalue weighted by Gasteiger charge is -2.26. The molecule has 0 aromatic heterocycles. The third-order valence-electron chi connectivity index (χ3n) is 4.57. The third kappa shape index (κ3) is 4.60. The molecule has 0 spiro atoms. The highest BCUT2D eigenvalue weighted by atomic mass is 35.5. The molecule has 1 aliphatic rings. The number of carbonyl (C=O) groups is 2. The monoisotopic (exact) mass is 420 g/mol. The molecule has 0 radical (unpaired) electrons. The minimum Gasteiger partial charge on any atom is -0.492 e. The van der Waals surface area contributed by atoms with Crippen LogP contribution in [-0.2, 0) is 16.0 Å². The van der Waals surface area contributed by atoms with Crippen LogP contribution in [0.4, 0.5) is 0 Å². The number of ether oxygens (including phenoxy) is 2. The summed E-state index contributed by atoms with van der Waals surface area (Å²) in [7, 11) is 1.29. The number of hydrogen-bond donors (Lipinski definition) is 2. The fourth-order valence-corrected chi connectivity index (χ4v) is 3.83. The molecule has 2 aromatic carbocycles. The summed E-state index contributed by atoms with van der Waals surface area (Å²) < 4.78 is 10.6. The molecule has 1 aliphatic heterocycles. The van der Waals surface area contributed by atoms with Gasteiger partial charge in [0.2, 0.25) is 0 Å². The molecule has 148 valence electrons. The van der Waals surface area contributed by atoms with Crippen molar-refractivity contribution in [3.8, 4) is 5.75 Å². The summed E-state index contributed by atoms with van der Waals surface area (Å²) in [6.07, 6.45) is 1.06. The number of para-hydroxylation sites is 1. The van der Waals surface area contributed by atoms with Gasteiger partial charge in [0.1, 0.15) is 11.8 Å². The van der Waals surface area contributed by atoms with Crippen LogP contribution in [0, 0.1) is 0 Å². The Morgan fingerprint density at radius 3 is 2.75 bits per heavy atom. The van der Waals surface area contributed by atoms with E-state index in [2.05, 4.69) is 5.32 Å². The molecule has 1 unspecified atom stereocenters. The number of methoxy groups -OCH3 is 1. The molecule has 3 N–H and O–H groups in total. The first-order valence-corrected chi connectivity index (χ1v) is 10.1. The zero-order valence-electron chi connectivity index (χ0n) is 15.3. The van der Waals surface area contributed by atoms with Gasteiger partial charge in [0.15, 0.2) is 0 Å². The van der Waals surface area contributed by atoms with Gasteiger partial charge in [0.05, 0.1) is 24.5 Å². The molecule has 3 rings (SSSR count). The van der Waals surface area contributed by atoms with Gasteiger partial charge in [0.25, 0.3) is 5.91 Å². The van der Waals surface area contributed by atoms with Crippen molar-refractivity contribution < 1.29 is 19.1 Å². The van der Waals surface area contributed by atoms with E-state index in [0.717, 1.165) is 17.5 Å². The maximum absolute atomic E-state index is 12.9. The average Bonchev–Trinajstić information content (AvgIpc) is 2.73. The number of benzene rings is 2. The van der Waals surface area contributed by atoms with Crippen LogP contribution >= 0.6 is 23.5 Å². The van der Waals surface area contributed by atoms with E-state index in [1.807, 2.05) is 6.07 Å². The second kappa shape index (κ2) is 9.32. The van der Waals surface area contributed by atoms with Crippen molar-refractivity contribution in [2.45, 2.75) is 24.1 Å². The Morgan fingerprint density at radius 2 is 2.07 bits per heavy atom. The van der Waals surface area contributed by atoms with E-state index in [-0.39, 0.29) is 11.7 Å². The highest BCUT2D eigenvalue weighted by molar-refractivity contribution is 7.97. The van der Waals surface area contributed by atoms with Crippen LogP contribution in [0.2, 0.25) is 5.02 Å². The maximum Gasteiger partial charge on any atom is 0.328 e. The van der Waals surface area contributed by atoms with Crippen LogP contribution in [0.3, 0.4) is 0 Å². The number of rotatable bonds is 6. The van der Waals surface area contributed by atoms with Crippen LogP contribution in [0.15, 0.2) is 42.5 Å². The number of halogens is 1. The van der Waals surface area contributed by atoms with Crippen molar-refractivity contribution in [3.05, 3.63) is 64.2 Å². The molecule has 1 amide bonds. The van der Waals surface area contributed by atoms with Gasteiger partial charge in [-0.15, -0.1) is 0 Å². The van der Waals surface area contributed by atoms with Gasteiger partial charge in [-0.25, -0.2) is 4.79 Å². The predicted molar refractivity (Wildman–Crippen MR) is 109 cm³/mol. The Kier molecular flexibility index (Phi) is 6.83. The number of hydrogen-bond acceptors (Lipinski definition) is 6. The van der Waals surface area contributed by atoms with Crippen molar-refractivity contribution in [1.29, 1.82) is 0 Å². The molecule has 28 heavy (non-hydrogen) atoms. The summed E-state index contributed by atoms with van der Waals surface area (Å²) in [4.78, 5) is 25.2. The summed E-state index contributed by atoms with van der Waals surface area (Å²) >= 11 is 7.15. The van der Waals surface area contributed by atoms with E-state index in [4.69, 9.17) is 26.2 Å². The molecule has 1 heterocycles. The van der Waals surface area contributed by atoms with Gasteiger partial charge in [-0.1, -0.05) is 47.8 Å². The van der Waals surface area contributed by atoms with Gasteiger partial charge in [-0.05, 0) is 30.2 Å². The summed E-state index contributed by atoms with van der Waals surface area (Å²) in [5.41, 5.74) is 2.12. The van der Waals surface area contributed by atoms with Crippen LogP contribution in [-0.4, -0.2) is 31.6 Å². The lowest BCUT2D eigenvalue weighted by Crippen LogP contribution is -2.43. The summed E-state index contributed by atoms with van der Waals surface area (Å²) in [6.45, 7) is 0.483. The smallest absolute Gasteiger partial charge is 0.328 e. The van der Waals surface area contributed by atoms with Crippen LogP contribution < -0.4 is 15.2 Å². The molecular weight excluding hydrogens is 400 g/mol. The molecule has 8 heteroatoms. The van der Waals surface area contributed by atoms with Gasteiger partial charge >= 0.3 is 5.97 Å². The van der Waals surface area contributed by atoms with E-state index in [1.165, 1.54) is 19.1 Å². The Bertz CT molecular complexity index is 860. The summed E-state index contributed by atoms with van der Waals surface area (Å²) in [5, 5.41) is 9.21. The van der Waals surface area contributed by atoms with Gasteiger partial charge in [0, 0.05) is 17.0 Å². The first-order valence-electron chi connectivity index (χ1n) is 8.78. The van der Waals surface area contributed by atoms with Crippen molar-refractivity contribution >= 4 is 35.4 Å². The first-order chi connectivity index (χ1) is 13.5. The highest BCUT2D eigenvalue weighted by Crippen LogP contribution is 2.40. The largest absolute Gasteiger partial charge is 0.492 e. The second-order valence-corrected chi connectivity index (χ2v) is 7.64. The molecule has 2 atom stereocenters. The molecule has 0 aliphatic carbocycles. The molecule has 6 nitrogen and oxygen atoms in total. The number of esters is 1. The number of nitrogens with one attached hydrogen (secondary N) is 1. The summed E-state index contributed by atoms with van der Waals surface area (Å²) in [5.74, 6) is -0.405. The number of fused-ring (bicyclic) bond motifs is 1. The van der Waals surface area contributed by atoms with E-state index in [1.54, 1.807) is 36.4 Å². The number of carbonyl (C=O) groups excluding carboxylic acids is 2. The van der Waals surface area contributed by atoms with E-state index < -0.39 is 17.9 Å². The normalized spacial score (nSPS) is 16.5. The Balaban J connectivity index is 1.82. The maximum atomic E-state index is 12.9. The number of nitrogens with two attached hydrogens (primary N) is 1. The first kappa shape index (κ1) is 20.5. The molecular formula is C20H21ClN2O4S. The molecule has 0 saturated heterocycles. The molecule has 0 bridgehead atoms. The van der Waals surface area contributed by atoms with Gasteiger partial charge < -0.3 is 14.8 Å². The van der Waals surface area contributed by atoms with Crippen molar-refractivity contribution in [1.82, 2.24) is 5.32 Å². The lowest BCUT2D eigenvalue weighted by molar-refractivity contribution is -0.142.